The fourth-order valence-corrected chi connectivity index (χ4v) is 6.08. The quantitative estimate of drug-likeness (QED) is 0.220. The molecule has 0 spiro atoms. The number of fused-ring (bicyclic) bond motifs is 9. The molecule has 1 radical (unpaired) electrons. The second-order valence-corrected chi connectivity index (χ2v) is 11.1. The molecule has 0 fully saturated rings. The summed E-state index contributed by atoms with van der Waals surface area (Å²) in [5.74, 6) is 0. The molecule has 1 heterocycles. The van der Waals surface area contributed by atoms with E-state index in [-0.39, 0.29) is 0 Å². The van der Waals surface area contributed by atoms with Crippen molar-refractivity contribution < 1.29 is 9.76 Å². The zero-order valence-corrected chi connectivity index (χ0v) is 20.7. The van der Waals surface area contributed by atoms with Crippen molar-refractivity contribution in [3.05, 3.63) is 78.9 Å². The molecular weight excluding hydrogens is 435 g/mol. The second kappa shape index (κ2) is 7.54. The summed E-state index contributed by atoms with van der Waals surface area (Å²) in [5.41, 5.74) is -0.685. The van der Waals surface area contributed by atoms with E-state index in [9.17, 15) is 5.11 Å². The van der Waals surface area contributed by atoms with Crippen LogP contribution in [-0.4, -0.2) is 23.8 Å². The lowest BCUT2D eigenvalue weighted by molar-refractivity contribution is -0.0893. The molecule has 0 amide bonds. The highest BCUT2D eigenvalue weighted by atomic mass is 32.1. The van der Waals surface area contributed by atoms with Gasteiger partial charge in [-0.15, -0.1) is 11.3 Å². The molecule has 1 aromatic heterocycles. The summed E-state index contributed by atoms with van der Waals surface area (Å²) in [4.78, 5) is 0. The highest BCUT2D eigenvalue weighted by Gasteiger charge is 2.36. The summed E-state index contributed by atoms with van der Waals surface area (Å²) in [5, 5.41) is 20.6. The summed E-state index contributed by atoms with van der Waals surface area (Å²) in [6.45, 7) is 7.42. The predicted molar refractivity (Wildman–Crippen MR) is 149 cm³/mol. The predicted octanol–water partition coefficient (Wildman–Crippen LogP) is 7.32. The van der Waals surface area contributed by atoms with Crippen LogP contribution in [-0.2, 0) is 4.65 Å². The number of hydrogen-bond donors (Lipinski definition) is 1. The van der Waals surface area contributed by atoms with Crippen molar-refractivity contribution in [2.24, 2.45) is 0 Å². The Bertz CT molecular complexity index is 1720. The molecule has 5 aromatic carbocycles. The van der Waals surface area contributed by atoms with Gasteiger partial charge in [-0.1, -0.05) is 78.9 Å². The van der Waals surface area contributed by atoms with Gasteiger partial charge in [-0.3, -0.25) is 0 Å². The Balaban J connectivity index is 1.71. The highest BCUT2D eigenvalue weighted by molar-refractivity contribution is 7.28. The van der Waals surface area contributed by atoms with E-state index in [1.54, 1.807) is 13.8 Å². The summed E-state index contributed by atoms with van der Waals surface area (Å²) < 4.78 is 8.83. The molecule has 34 heavy (non-hydrogen) atoms. The Hall–Kier alpha value is -2.92. The third-order valence-corrected chi connectivity index (χ3v) is 8.58. The van der Waals surface area contributed by atoms with Gasteiger partial charge >= 0.3 is 7.48 Å². The Morgan fingerprint density at radius 3 is 2.03 bits per heavy atom. The zero-order valence-electron chi connectivity index (χ0n) is 19.8. The molecule has 0 saturated heterocycles. The number of hydrogen-bond acceptors (Lipinski definition) is 3. The molecule has 0 atom stereocenters. The van der Waals surface area contributed by atoms with Gasteiger partial charge in [0.05, 0.1) is 11.2 Å². The van der Waals surface area contributed by atoms with Gasteiger partial charge in [0.2, 0.25) is 0 Å². The van der Waals surface area contributed by atoms with Gasteiger partial charge in [0.25, 0.3) is 0 Å². The molecule has 0 unspecified atom stereocenters. The monoisotopic (exact) mass is 461 g/mol. The van der Waals surface area contributed by atoms with Crippen molar-refractivity contribution in [3.8, 4) is 0 Å². The zero-order chi connectivity index (χ0) is 23.7. The standard InChI is InChI=1S/C30H26BO2S/c1-29(2,32)30(3,4)33-31-24-17-20-14-13-18-9-5-7-11-21(18)25(20)28-26(24)23-16-15-19-10-6-8-12-22(19)27(23)34-28/h5-17,32H,1-4H3. The maximum absolute atomic E-state index is 10.6. The SMILES string of the molecule is CC(C)(O)C(C)(C)O[B]c1cc2ccc3ccccc3c2c2sc3c4ccccc4ccc3c12. The number of aliphatic hydroxyl groups is 1. The molecule has 6 rings (SSSR count). The summed E-state index contributed by atoms with van der Waals surface area (Å²) in [6.07, 6.45) is 0. The largest absolute Gasteiger partial charge is 0.427 e. The van der Waals surface area contributed by atoms with Gasteiger partial charge in [-0.25, -0.2) is 0 Å². The first-order valence-corrected chi connectivity index (χ1v) is 12.5. The Morgan fingerprint density at radius 2 is 1.29 bits per heavy atom. The normalized spacial score (nSPS) is 13.0. The Morgan fingerprint density at radius 1 is 0.676 bits per heavy atom. The van der Waals surface area contributed by atoms with Crippen molar-refractivity contribution >= 4 is 76.8 Å². The van der Waals surface area contributed by atoms with E-state index in [0.717, 1.165) is 5.46 Å². The smallest absolute Gasteiger partial charge is 0.331 e. The van der Waals surface area contributed by atoms with E-state index in [1.165, 1.54) is 52.5 Å². The van der Waals surface area contributed by atoms with Crippen LogP contribution in [0.1, 0.15) is 27.7 Å². The molecule has 4 heteroatoms. The number of thiophene rings is 1. The van der Waals surface area contributed by atoms with Crippen LogP contribution in [0, 0.1) is 0 Å². The molecule has 0 saturated carbocycles. The lowest BCUT2D eigenvalue weighted by Gasteiger charge is -2.37. The van der Waals surface area contributed by atoms with E-state index < -0.39 is 11.2 Å². The fourth-order valence-electron chi connectivity index (χ4n) is 4.64. The van der Waals surface area contributed by atoms with Crippen LogP contribution in [0.5, 0.6) is 0 Å². The third kappa shape index (κ3) is 3.24. The van der Waals surface area contributed by atoms with Crippen molar-refractivity contribution in [3.63, 3.8) is 0 Å². The van der Waals surface area contributed by atoms with Gasteiger partial charge in [-0.2, -0.15) is 0 Å². The summed E-state index contributed by atoms with van der Waals surface area (Å²) in [6, 6.07) is 28.3. The first kappa shape index (κ1) is 21.6. The lowest BCUT2D eigenvalue weighted by Crippen LogP contribution is -2.49. The minimum Gasteiger partial charge on any atom is -0.427 e. The van der Waals surface area contributed by atoms with Crippen molar-refractivity contribution in [1.82, 2.24) is 0 Å². The average Bonchev–Trinajstić information content (AvgIpc) is 3.22. The summed E-state index contributed by atoms with van der Waals surface area (Å²) in [7, 11) is 1.84. The number of benzene rings is 5. The maximum atomic E-state index is 10.6. The molecule has 1 N–H and O–H groups in total. The van der Waals surface area contributed by atoms with Crippen LogP contribution in [0.25, 0.3) is 52.5 Å². The van der Waals surface area contributed by atoms with E-state index in [4.69, 9.17) is 4.65 Å². The number of rotatable bonds is 4. The Kier molecular flexibility index (Phi) is 4.79. The first-order chi connectivity index (χ1) is 16.2. The summed E-state index contributed by atoms with van der Waals surface area (Å²) >= 11 is 1.86. The van der Waals surface area contributed by atoms with E-state index in [0.29, 0.717) is 0 Å². The molecule has 2 nitrogen and oxygen atoms in total. The van der Waals surface area contributed by atoms with Gasteiger partial charge in [0.1, 0.15) is 0 Å². The minimum atomic E-state index is -0.984. The molecule has 0 aliphatic rings. The molecule has 167 valence electrons. The molecular formula is C30H26BO2S. The van der Waals surface area contributed by atoms with E-state index >= 15 is 0 Å². The molecule has 0 bridgehead atoms. The van der Waals surface area contributed by atoms with Crippen LogP contribution < -0.4 is 5.46 Å². The third-order valence-electron chi connectivity index (χ3n) is 7.32. The van der Waals surface area contributed by atoms with E-state index in [2.05, 4.69) is 78.9 Å². The van der Waals surface area contributed by atoms with Crippen molar-refractivity contribution in [1.29, 1.82) is 0 Å². The minimum absolute atomic E-state index is 0.740. The van der Waals surface area contributed by atoms with Crippen LogP contribution >= 0.6 is 11.3 Å². The van der Waals surface area contributed by atoms with Crippen LogP contribution in [0.3, 0.4) is 0 Å². The average molecular weight is 461 g/mol. The molecule has 6 aromatic rings. The van der Waals surface area contributed by atoms with Gasteiger partial charge < -0.3 is 9.76 Å². The van der Waals surface area contributed by atoms with Gasteiger partial charge in [-0.05, 0) is 65.5 Å². The lowest BCUT2D eigenvalue weighted by atomic mass is 9.79. The maximum Gasteiger partial charge on any atom is 0.331 e. The topological polar surface area (TPSA) is 29.5 Å². The van der Waals surface area contributed by atoms with Crippen LogP contribution in [0.2, 0.25) is 0 Å². The van der Waals surface area contributed by atoms with Crippen molar-refractivity contribution in [2.45, 2.75) is 38.9 Å². The van der Waals surface area contributed by atoms with Crippen molar-refractivity contribution in [2.75, 3.05) is 0 Å². The van der Waals surface area contributed by atoms with Crippen LogP contribution in [0.4, 0.5) is 0 Å². The Labute approximate surface area is 204 Å². The van der Waals surface area contributed by atoms with Gasteiger partial charge in [0.15, 0.2) is 0 Å². The van der Waals surface area contributed by atoms with Gasteiger partial charge in [0, 0.05) is 20.2 Å². The highest BCUT2D eigenvalue weighted by Crippen LogP contribution is 2.43. The van der Waals surface area contributed by atoms with Crippen LogP contribution in [0.15, 0.2) is 78.9 Å². The molecule has 0 aliphatic heterocycles. The fraction of sp³-hybridized carbons (Fsp3) is 0.200. The van der Waals surface area contributed by atoms with E-state index in [1.807, 2.05) is 32.7 Å². The second-order valence-electron chi connectivity index (χ2n) is 10.1. The first-order valence-electron chi connectivity index (χ1n) is 11.7. The molecule has 0 aliphatic carbocycles.